The molecule has 2 aromatic rings. The largest absolute Gasteiger partial charge is 0.493 e. The number of aromatic nitrogens is 2. The predicted molar refractivity (Wildman–Crippen MR) is 55.9 cm³/mol. The first-order valence-corrected chi connectivity index (χ1v) is 5.09. The Morgan fingerprint density at radius 1 is 1.21 bits per heavy atom. The highest BCUT2D eigenvalue weighted by Gasteiger charge is 2.14. The van der Waals surface area contributed by atoms with Gasteiger partial charge in [0, 0.05) is 5.56 Å². The second-order valence-corrected chi connectivity index (χ2v) is 3.74. The number of nitrogens with zero attached hydrogens (tertiary/aromatic N) is 2. The third-order valence-electron chi connectivity index (χ3n) is 1.67. The van der Waals surface area contributed by atoms with Crippen LogP contribution in [0.2, 0.25) is 0 Å². The summed E-state index contributed by atoms with van der Waals surface area (Å²) in [5, 5.41) is 22.6. The molecular formula is C8H6N2O2S2. The minimum absolute atomic E-state index is 0.0407. The number of hydrogen-bond donors (Lipinski definition) is 3. The van der Waals surface area contributed by atoms with Crippen LogP contribution in [-0.4, -0.2) is 20.2 Å². The molecule has 0 aliphatic rings. The van der Waals surface area contributed by atoms with Gasteiger partial charge in [-0.2, -0.15) is 21.3 Å². The molecule has 0 aliphatic carbocycles. The van der Waals surface area contributed by atoms with Crippen molar-refractivity contribution in [2.24, 2.45) is 0 Å². The third-order valence-corrected chi connectivity index (χ3v) is 2.55. The molecule has 0 amide bonds. The van der Waals surface area contributed by atoms with Gasteiger partial charge < -0.3 is 10.2 Å². The maximum atomic E-state index is 9.49. The van der Waals surface area contributed by atoms with Crippen molar-refractivity contribution in [2.45, 2.75) is 5.16 Å². The molecular weight excluding hydrogens is 220 g/mol. The summed E-state index contributed by atoms with van der Waals surface area (Å²) in [6.45, 7) is 0. The minimum atomic E-state index is -0.263. The van der Waals surface area contributed by atoms with E-state index in [9.17, 15) is 10.2 Å². The van der Waals surface area contributed by atoms with E-state index in [0.29, 0.717) is 5.56 Å². The van der Waals surface area contributed by atoms with Crippen LogP contribution in [0, 0.1) is 0 Å². The zero-order valence-corrected chi connectivity index (χ0v) is 8.59. The van der Waals surface area contributed by atoms with E-state index in [4.69, 9.17) is 0 Å². The lowest BCUT2D eigenvalue weighted by molar-refractivity contribution is 0.415. The maximum absolute atomic E-state index is 9.49. The fourth-order valence-electron chi connectivity index (χ4n) is 1.09. The topological polar surface area (TPSA) is 66.2 Å². The van der Waals surface area contributed by atoms with E-state index in [2.05, 4.69) is 22.6 Å². The molecule has 72 valence electrons. The quantitative estimate of drug-likeness (QED) is 0.513. The number of thiophene rings is 1. The second kappa shape index (κ2) is 3.47. The Balaban J connectivity index is 2.64. The molecule has 2 N–H and O–H groups in total. The summed E-state index contributed by atoms with van der Waals surface area (Å²) in [6.07, 6.45) is 0. The molecule has 2 rings (SSSR count). The molecule has 0 spiro atoms. The fourth-order valence-corrected chi connectivity index (χ4v) is 1.93. The van der Waals surface area contributed by atoms with Gasteiger partial charge >= 0.3 is 0 Å². The Hall–Kier alpha value is -1.27. The molecule has 0 radical (unpaired) electrons. The number of hydrogen-bond acceptors (Lipinski definition) is 6. The molecule has 2 heterocycles. The van der Waals surface area contributed by atoms with Crippen molar-refractivity contribution in [3.63, 3.8) is 0 Å². The monoisotopic (exact) mass is 226 g/mol. The van der Waals surface area contributed by atoms with E-state index in [1.165, 1.54) is 11.3 Å². The Morgan fingerprint density at radius 3 is 2.36 bits per heavy atom. The lowest BCUT2D eigenvalue weighted by Gasteiger charge is -2.03. The first-order valence-electron chi connectivity index (χ1n) is 3.70. The van der Waals surface area contributed by atoms with Crippen molar-refractivity contribution in [1.29, 1.82) is 0 Å². The van der Waals surface area contributed by atoms with Gasteiger partial charge in [-0.15, -0.1) is 12.6 Å². The molecule has 6 heteroatoms. The van der Waals surface area contributed by atoms with Gasteiger partial charge in [0.05, 0.1) is 0 Å². The maximum Gasteiger partial charge on any atom is 0.226 e. The number of thiol groups is 1. The Morgan fingerprint density at radius 2 is 1.86 bits per heavy atom. The summed E-state index contributed by atoms with van der Waals surface area (Å²) >= 11 is 5.29. The Bertz CT molecular complexity index is 433. The molecule has 4 nitrogen and oxygen atoms in total. The first kappa shape index (κ1) is 9.29. The van der Waals surface area contributed by atoms with Gasteiger partial charge in [-0.1, -0.05) is 0 Å². The van der Waals surface area contributed by atoms with Crippen molar-refractivity contribution in [3.05, 3.63) is 16.8 Å². The van der Waals surface area contributed by atoms with Crippen LogP contribution < -0.4 is 0 Å². The van der Waals surface area contributed by atoms with Gasteiger partial charge in [0.1, 0.15) is 5.56 Å². The highest BCUT2D eigenvalue weighted by Crippen LogP contribution is 2.35. The van der Waals surface area contributed by atoms with E-state index in [1.807, 2.05) is 5.38 Å². The molecule has 0 saturated heterocycles. The molecule has 0 aliphatic heterocycles. The molecule has 0 saturated carbocycles. The summed E-state index contributed by atoms with van der Waals surface area (Å²) in [5.41, 5.74) is 0.933. The lowest BCUT2D eigenvalue weighted by atomic mass is 10.2. The zero-order chi connectivity index (χ0) is 10.1. The van der Waals surface area contributed by atoms with Gasteiger partial charge in [0.25, 0.3) is 0 Å². The summed E-state index contributed by atoms with van der Waals surface area (Å²) in [7, 11) is 0. The highest BCUT2D eigenvalue weighted by molar-refractivity contribution is 7.80. The molecule has 0 aromatic carbocycles. The molecule has 2 aromatic heterocycles. The van der Waals surface area contributed by atoms with Crippen LogP contribution in [0.3, 0.4) is 0 Å². The molecule has 14 heavy (non-hydrogen) atoms. The minimum Gasteiger partial charge on any atom is -0.493 e. The molecule has 0 bridgehead atoms. The summed E-state index contributed by atoms with van der Waals surface area (Å²) in [6, 6.07) is 1.76. The van der Waals surface area contributed by atoms with Crippen molar-refractivity contribution in [2.75, 3.05) is 0 Å². The van der Waals surface area contributed by atoms with Crippen molar-refractivity contribution >= 4 is 24.0 Å². The van der Waals surface area contributed by atoms with Crippen LogP contribution in [0.4, 0.5) is 0 Å². The van der Waals surface area contributed by atoms with E-state index >= 15 is 0 Å². The van der Waals surface area contributed by atoms with E-state index in [0.717, 1.165) is 0 Å². The fraction of sp³-hybridized carbons (Fsp3) is 0. The first-order chi connectivity index (χ1) is 6.68. The summed E-state index contributed by atoms with van der Waals surface area (Å²) in [5.74, 6) is -0.526. The van der Waals surface area contributed by atoms with Crippen LogP contribution >= 0.6 is 24.0 Å². The van der Waals surface area contributed by atoms with E-state index in [1.54, 1.807) is 11.4 Å². The lowest BCUT2D eigenvalue weighted by Crippen LogP contribution is -1.88. The van der Waals surface area contributed by atoms with E-state index in [-0.39, 0.29) is 22.5 Å². The summed E-state index contributed by atoms with van der Waals surface area (Å²) in [4.78, 5) is 7.29. The highest BCUT2D eigenvalue weighted by atomic mass is 32.1. The second-order valence-electron chi connectivity index (χ2n) is 2.56. The summed E-state index contributed by atoms with van der Waals surface area (Å²) < 4.78 is 0. The van der Waals surface area contributed by atoms with Crippen LogP contribution in [0.1, 0.15) is 0 Å². The molecule has 0 fully saturated rings. The van der Waals surface area contributed by atoms with Crippen LogP contribution in [0.5, 0.6) is 11.8 Å². The molecule has 0 atom stereocenters. The van der Waals surface area contributed by atoms with Gasteiger partial charge in [0.15, 0.2) is 5.16 Å². The zero-order valence-electron chi connectivity index (χ0n) is 6.88. The third kappa shape index (κ3) is 1.53. The van der Waals surface area contributed by atoms with Gasteiger partial charge in [-0.25, -0.2) is 0 Å². The van der Waals surface area contributed by atoms with Gasteiger partial charge in [0.2, 0.25) is 11.8 Å². The Kier molecular flexibility index (Phi) is 2.30. The Labute approximate surface area is 89.3 Å². The van der Waals surface area contributed by atoms with Gasteiger partial charge in [-0.05, 0) is 16.8 Å². The average molecular weight is 226 g/mol. The number of rotatable bonds is 1. The normalized spacial score (nSPS) is 10.4. The van der Waals surface area contributed by atoms with Gasteiger partial charge in [-0.3, -0.25) is 0 Å². The average Bonchev–Trinajstić information content (AvgIpc) is 2.54. The van der Waals surface area contributed by atoms with Crippen LogP contribution in [0.25, 0.3) is 11.1 Å². The van der Waals surface area contributed by atoms with Crippen LogP contribution in [0.15, 0.2) is 22.0 Å². The SMILES string of the molecule is Oc1nc(S)nc(O)c1-c1ccsc1. The van der Waals surface area contributed by atoms with Crippen LogP contribution in [-0.2, 0) is 0 Å². The smallest absolute Gasteiger partial charge is 0.226 e. The number of aromatic hydroxyl groups is 2. The van der Waals surface area contributed by atoms with Crippen molar-refractivity contribution in [3.8, 4) is 22.9 Å². The predicted octanol–water partition coefficient (Wildman–Crippen LogP) is 1.90. The molecule has 0 unspecified atom stereocenters. The van der Waals surface area contributed by atoms with Crippen molar-refractivity contribution in [1.82, 2.24) is 9.97 Å². The van der Waals surface area contributed by atoms with Crippen molar-refractivity contribution < 1.29 is 10.2 Å². The van der Waals surface area contributed by atoms with E-state index < -0.39 is 0 Å². The standard InChI is InChI=1S/C8H6N2O2S2/c11-6-5(4-1-2-14-3-4)7(12)10-8(13)9-6/h1-3H,(H3,9,10,11,12,13).